The fraction of sp³-hybridized carbons (Fsp3) is 0.429. The molecule has 0 fully saturated rings. The highest BCUT2D eigenvalue weighted by Gasteiger charge is 2.30. The number of hydrogen-bond acceptors (Lipinski definition) is 2. The number of carboxylic acid groups (broad SMARTS) is 1. The maximum absolute atomic E-state index is 12.0. The third-order valence-electron chi connectivity index (χ3n) is 3.56. The van der Waals surface area contributed by atoms with Gasteiger partial charge in [0.15, 0.2) is 5.78 Å². The second-order valence-corrected chi connectivity index (χ2v) is 4.87. The number of benzene rings is 1. The Morgan fingerprint density at radius 1 is 1.47 bits per heavy atom. The van der Waals surface area contributed by atoms with Crippen molar-refractivity contribution in [2.75, 3.05) is 0 Å². The SMILES string of the molecule is Cc1cc2c(c(C)c1CC(=O)O)C(=O)[C@@H](C)C2. The van der Waals surface area contributed by atoms with Crippen molar-refractivity contribution in [2.45, 2.75) is 33.6 Å². The summed E-state index contributed by atoms with van der Waals surface area (Å²) in [7, 11) is 0. The summed E-state index contributed by atoms with van der Waals surface area (Å²) in [4.78, 5) is 22.9. The quantitative estimate of drug-likeness (QED) is 0.851. The van der Waals surface area contributed by atoms with E-state index in [-0.39, 0.29) is 18.1 Å². The summed E-state index contributed by atoms with van der Waals surface area (Å²) in [6, 6.07) is 1.97. The Kier molecular flexibility index (Phi) is 2.77. The van der Waals surface area contributed by atoms with Crippen LogP contribution in [0.25, 0.3) is 0 Å². The Morgan fingerprint density at radius 3 is 2.71 bits per heavy atom. The molecule has 0 aliphatic heterocycles. The van der Waals surface area contributed by atoms with E-state index in [1.807, 2.05) is 26.8 Å². The van der Waals surface area contributed by atoms with Crippen LogP contribution in [-0.2, 0) is 17.6 Å². The largest absolute Gasteiger partial charge is 0.481 e. The first-order valence-electron chi connectivity index (χ1n) is 5.79. The summed E-state index contributed by atoms with van der Waals surface area (Å²) in [6.07, 6.45) is 0.774. The molecule has 1 N–H and O–H groups in total. The van der Waals surface area contributed by atoms with Crippen LogP contribution in [0.1, 0.15) is 39.5 Å². The molecule has 0 spiro atoms. The van der Waals surface area contributed by atoms with Crippen molar-refractivity contribution in [3.63, 3.8) is 0 Å². The van der Waals surface area contributed by atoms with Crippen molar-refractivity contribution in [3.05, 3.63) is 33.9 Å². The van der Waals surface area contributed by atoms with Crippen molar-refractivity contribution >= 4 is 11.8 Å². The number of carbonyl (C=O) groups is 2. The molecule has 1 aromatic carbocycles. The predicted octanol–water partition coefficient (Wildman–Crippen LogP) is 2.31. The average Bonchev–Trinajstić information content (AvgIpc) is 2.49. The van der Waals surface area contributed by atoms with Crippen molar-refractivity contribution < 1.29 is 14.7 Å². The van der Waals surface area contributed by atoms with Crippen LogP contribution in [0.4, 0.5) is 0 Å². The maximum Gasteiger partial charge on any atom is 0.307 e. The molecule has 2 rings (SSSR count). The van der Waals surface area contributed by atoms with E-state index < -0.39 is 5.97 Å². The Morgan fingerprint density at radius 2 is 2.12 bits per heavy atom. The molecular weight excluding hydrogens is 216 g/mol. The van der Waals surface area contributed by atoms with E-state index >= 15 is 0 Å². The number of aryl methyl sites for hydroxylation is 1. The number of aliphatic carboxylic acids is 1. The molecule has 0 unspecified atom stereocenters. The smallest absolute Gasteiger partial charge is 0.307 e. The minimum absolute atomic E-state index is 0.00733. The summed E-state index contributed by atoms with van der Waals surface area (Å²) in [5.41, 5.74) is 4.46. The molecule has 0 heterocycles. The van der Waals surface area contributed by atoms with Gasteiger partial charge in [-0.1, -0.05) is 13.0 Å². The molecule has 1 aromatic rings. The minimum atomic E-state index is -0.852. The molecule has 3 heteroatoms. The van der Waals surface area contributed by atoms with Crippen molar-refractivity contribution in [1.82, 2.24) is 0 Å². The van der Waals surface area contributed by atoms with Crippen LogP contribution < -0.4 is 0 Å². The zero-order valence-corrected chi connectivity index (χ0v) is 10.3. The number of Topliss-reactive ketones (excluding diaryl/α,β-unsaturated/α-hetero) is 1. The Labute approximate surface area is 100 Å². The summed E-state index contributed by atoms with van der Waals surface area (Å²) >= 11 is 0. The summed E-state index contributed by atoms with van der Waals surface area (Å²) in [5, 5.41) is 8.90. The maximum atomic E-state index is 12.0. The van der Waals surface area contributed by atoms with E-state index in [1.54, 1.807) is 0 Å². The van der Waals surface area contributed by atoms with E-state index in [9.17, 15) is 9.59 Å². The van der Waals surface area contributed by atoms with E-state index in [4.69, 9.17) is 5.11 Å². The van der Waals surface area contributed by atoms with Gasteiger partial charge in [0.2, 0.25) is 0 Å². The van der Waals surface area contributed by atoms with E-state index in [1.165, 1.54) is 0 Å². The third-order valence-corrected chi connectivity index (χ3v) is 3.56. The lowest BCUT2D eigenvalue weighted by Gasteiger charge is -2.12. The van der Waals surface area contributed by atoms with Gasteiger partial charge >= 0.3 is 5.97 Å². The molecule has 0 saturated carbocycles. The number of fused-ring (bicyclic) bond motifs is 1. The molecular formula is C14H16O3. The highest BCUT2D eigenvalue weighted by atomic mass is 16.4. The number of hydrogen-bond donors (Lipinski definition) is 1. The van der Waals surface area contributed by atoms with Crippen LogP contribution in [-0.4, -0.2) is 16.9 Å². The van der Waals surface area contributed by atoms with Gasteiger partial charge in [-0.2, -0.15) is 0 Å². The predicted molar refractivity (Wildman–Crippen MR) is 64.5 cm³/mol. The molecule has 3 nitrogen and oxygen atoms in total. The van der Waals surface area contributed by atoms with Gasteiger partial charge in [-0.05, 0) is 42.5 Å². The molecule has 90 valence electrons. The van der Waals surface area contributed by atoms with Gasteiger partial charge in [0.25, 0.3) is 0 Å². The zero-order valence-electron chi connectivity index (χ0n) is 10.3. The monoisotopic (exact) mass is 232 g/mol. The number of ketones is 1. The topological polar surface area (TPSA) is 54.4 Å². The first-order chi connectivity index (χ1) is 7.91. The normalized spacial score (nSPS) is 18.3. The van der Waals surface area contributed by atoms with Crippen LogP contribution >= 0.6 is 0 Å². The lowest BCUT2D eigenvalue weighted by molar-refractivity contribution is -0.136. The summed E-state index contributed by atoms with van der Waals surface area (Å²) in [5.74, 6) is -0.665. The molecule has 1 aliphatic rings. The lowest BCUT2D eigenvalue weighted by Crippen LogP contribution is -2.09. The summed E-state index contributed by atoms with van der Waals surface area (Å²) < 4.78 is 0. The Balaban J connectivity index is 2.59. The molecule has 0 radical (unpaired) electrons. The van der Waals surface area contributed by atoms with Crippen molar-refractivity contribution in [3.8, 4) is 0 Å². The number of carboxylic acids is 1. The van der Waals surface area contributed by atoms with Crippen molar-refractivity contribution in [1.29, 1.82) is 0 Å². The van der Waals surface area contributed by atoms with Gasteiger partial charge in [-0.25, -0.2) is 0 Å². The van der Waals surface area contributed by atoms with E-state index in [0.717, 1.165) is 34.2 Å². The van der Waals surface area contributed by atoms with Gasteiger partial charge in [0.1, 0.15) is 0 Å². The highest BCUT2D eigenvalue weighted by molar-refractivity contribution is 6.03. The van der Waals surface area contributed by atoms with Gasteiger partial charge < -0.3 is 5.11 Å². The molecule has 0 aromatic heterocycles. The first-order valence-corrected chi connectivity index (χ1v) is 5.79. The van der Waals surface area contributed by atoms with Gasteiger partial charge in [0.05, 0.1) is 6.42 Å². The second kappa shape index (κ2) is 3.99. The zero-order chi connectivity index (χ0) is 12.7. The second-order valence-electron chi connectivity index (χ2n) is 4.87. The van der Waals surface area contributed by atoms with Crippen molar-refractivity contribution in [2.24, 2.45) is 5.92 Å². The van der Waals surface area contributed by atoms with Crippen LogP contribution in [0.5, 0.6) is 0 Å². The number of rotatable bonds is 2. The Bertz CT molecular complexity index is 515. The van der Waals surface area contributed by atoms with Gasteiger partial charge in [0, 0.05) is 11.5 Å². The molecule has 0 amide bonds. The van der Waals surface area contributed by atoms with Crippen LogP contribution in [0, 0.1) is 19.8 Å². The molecule has 1 aliphatic carbocycles. The lowest BCUT2D eigenvalue weighted by atomic mass is 9.92. The fourth-order valence-corrected chi connectivity index (χ4v) is 2.70. The number of carbonyl (C=O) groups excluding carboxylic acids is 1. The van der Waals surface area contributed by atoms with Crippen LogP contribution in [0.15, 0.2) is 6.07 Å². The van der Waals surface area contributed by atoms with Crippen LogP contribution in [0.3, 0.4) is 0 Å². The average molecular weight is 232 g/mol. The fourth-order valence-electron chi connectivity index (χ4n) is 2.70. The van der Waals surface area contributed by atoms with E-state index in [2.05, 4.69) is 0 Å². The Hall–Kier alpha value is -1.64. The van der Waals surface area contributed by atoms with Gasteiger partial charge in [-0.3, -0.25) is 9.59 Å². The van der Waals surface area contributed by atoms with E-state index in [0.29, 0.717) is 0 Å². The molecule has 0 saturated heterocycles. The third kappa shape index (κ3) is 1.86. The first kappa shape index (κ1) is 11.8. The van der Waals surface area contributed by atoms with Gasteiger partial charge in [-0.15, -0.1) is 0 Å². The standard InChI is InChI=1S/C14H16O3/c1-7-4-10-5-8(2)14(17)13(10)9(3)11(7)6-12(15)16/h4,8H,5-6H2,1-3H3,(H,15,16)/t8-/m0/s1. The molecule has 0 bridgehead atoms. The molecule has 17 heavy (non-hydrogen) atoms. The van der Waals surface area contributed by atoms with Crippen LogP contribution in [0.2, 0.25) is 0 Å². The minimum Gasteiger partial charge on any atom is -0.481 e. The molecule has 1 atom stereocenters. The summed E-state index contributed by atoms with van der Waals surface area (Å²) in [6.45, 7) is 5.70. The highest BCUT2D eigenvalue weighted by Crippen LogP contribution is 2.32.